The van der Waals surface area contributed by atoms with Gasteiger partial charge in [0.05, 0.1) is 0 Å². The first-order valence-corrected chi connectivity index (χ1v) is 5.96. The van der Waals surface area contributed by atoms with E-state index in [1.54, 1.807) is 5.38 Å². The molecule has 2 unspecified atom stereocenters. The number of carbonyl (C=O) groups is 1. The van der Waals surface area contributed by atoms with Crippen LogP contribution in [0.4, 0.5) is 5.13 Å². The summed E-state index contributed by atoms with van der Waals surface area (Å²) in [5.41, 5.74) is 5.99. The minimum absolute atomic E-state index is 0.0131. The van der Waals surface area contributed by atoms with Crippen LogP contribution >= 0.6 is 11.3 Å². The van der Waals surface area contributed by atoms with Gasteiger partial charge in [-0.1, -0.05) is 13.8 Å². The number of hydrogen-bond donors (Lipinski definition) is 1. The Labute approximate surface area is 93.1 Å². The van der Waals surface area contributed by atoms with Crippen molar-refractivity contribution >= 4 is 22.4 Å². The Hall–Kier alpha value is -1.10. The number of nitrogen functional groups attached to an aromatic ring is 1. The quantitative estimate of drug-likeness (QED) is 0.787. The molecule has 1 fully saturated rings. The summed E-state index contributed by atoms with van der Waals surface area (Å²) < 4.78 is 0. The highest BCUT2D eigenvalue weighted by atomic mass is 32.1. The van der Waals surface area contributed by atoms with Crippen LogP contribution in [0.1, 0.15) is 24.3 Å². The summed E-state index contributed by atoms with van der Waals surface area (Å²) in [6.07, 6.45) is 0. The molecular weight excluding hydrogens is 210 g/mol. The Kier molecular flexibility index (Phi) is 2.65. The summed E-state index contributed by atoms with van der Waals surface area (Å²) in [6.45, 7) is 6.01. The molecule has 15 heavy (non-hydrogen) atoms. The van der Waals surface area contributed by atoms with Gasteiger partial charge in [0.15, 0.2) is 5.13 Å². The Morgan fingerprint density at radius 1 is 1.53 bits per heavy atom. The van der Waals surface area contributed by atoms with Crippen LogP contribution in [0, 0.1) is 11.8 Å². The minimum Gasteiger partial charge on any atom is -0.375 e. The molecule has 2 atom stereocenters. The van der Waals surface area contributed by atoms with Crippen LogP contribution < -0.4 is 5.73 Å². The average Bonchev–Trinajstić information content (AvgIpc) is 2.74. The molecular formula is C10H15N3OS. The second-order valence-corrected chi connectivity index (χ2v) is 5.13. The Morgan fingerprint density at radius 2 is 2.13 bits per heavy atom. The van der Waals surface area contributed by atoms with Crippen molar-refractivity contribution < 1.29 is 4.79 Å². The van der Waals surface area contributed by atoms with Gasteiger partial charge in [0.1, 0.15) is 5.69 Å². The first kappa shape index (κ1) is 10.4. The molecule has 0 radical (unpaired) electrons. The standard InChI is InChI=1S/C10H15N3OS/c1-6-3-13(4-7(6)2)9(14)8-5-15-10(11)12-8/h5-7H,3-4H2,1-2H3,(H2,11,12). The average molecular weight is 225 g/mol. The number of nitrogens with two attached hydrogens (primary N) is 1. The topological polar surface area (TPSA) is 59.2 Å². The molecule has 5 heteroatoms. The highest BCUT2D eigenvalue weighted by Gasteiger charge is 2.30. The third kappa shape index (κ3) is 1.97. The first-order valence-electron chi connectivity index (χ1n) is 5.08. The number of amides is 1. The number of aromatic nitrogens is 1. The van der Waals surface area contributed by atoms with E-state index in [1.165, 1.54) is 11.3 Å². The Bertz CT molecular complexity index is 366. The molecule has 2 N–H and O–H groups in total. The van der Waals surface area contributed by atoms with E-state index in [-0.39, 0.29) is 5.91 Å². The molecule has 2 rings (SSSR count). The predicted molar refractivity (Wildman–Crippen MR) is 60.8 cm³/mol. The lowest BCUT2D eigenvalue weighted by Gasteiger charge is -2.13. The number of rotatable bonds is 1. The summed E-state index contributed by atoms with van der Waals surface area (Å²) in [6, 6.07) is 0. The zero-order valence-corrected chi connectivity index (χ0v) is 9.75. The van der Waals surface area contributed by atoms with Crippen LogP contribution in [0.15, 0.2) is 5.38 Å². The van der Waals surface area contributed by atoms with Gasteiger partial charge < -0.3 is 10.6 Å². The molecule has 2 heterocycles. The van der Waals surface area contributed by atoms with Gasteiger partial charge in [-0.2, -0.15) is 0 Å². The van der Waals surface area contributed by atoms with E-state index in [9.17, 15) is 4.79 Å². The fourth-order valence-electron chi connectivity index (χ4n) is 1.84. The summed E-state index contributed by atoms with van der Waals surface area (Å²) >= 11 is 1.31. The van der Waals surface area contributed by atoms with Crippen molar-refractivity contribution in [3.8, 4) is 0 Å². The van der Waals surface area contributed by atoms with Crippen LogP contribution in [-0.2, 0) is 0 Å². The van der Waals surface area contributed by atoms with Crippen molar-refractivity contribution in [1.82, 2.24) is 9.88 Å². The fraction of sp³-hybridized carbons (Fsp3) is 0.600. The van der Waals surface area contributed by atoms with Crippen LogP contribution in [0.5, 0.6) is 0 Å². The molecule has 1 aliphatic heterocycles. The first-order chi connectivity index (χ1) is 7.08. The fourth-order valence-corrected chi connectivity index (χ4v) is 2.38. The minimum atomic E-state index is 0.0131. The van der Waals surface area contributed by atoms with Gasteiger partial charge in [0.25, 0.3) is 5.91 Å². The van der Waals surface area contributed by atoms with Gasteiger partial charge in [-0.15, -0.1) is 11.3 Å². The number of nitrogens with zero attached hydrogens (tertiary/aromatic N) is 2. The van der Waals surface area contributed by atoms with E-state index in [2.05, 4.69) is 18.8 Å². The zero-order chi connectivity index (χ0) is 11.0. The maximum atomic E-state index is 12.0. The zero-order valence-electron chi connectivity index (χ0n) is 8.93. The number of thiazole rings is 1. The van der Waals surface area contributed by atoms with Crippen molar-refractivity contribution in [3.63, 3.8) is 0 Å². The normalized spacial score (nSPS) is 25.9. The molecule has 1 aliphatic rings. The molecule has 82 valence electrons. The van der Waals surface area contributed by atoms with E-state index in [4.69, 9.17) is 5.73 Å². The van der Waals surface area contributed by atoms with Crippen LogP contribution in [0.25, 0.3) is 0 Å². The maximum absolute atomic E-state index is 12.0. The SMILES string of the molecule is CC1CN(C(=O)c2csc(N)n2)CC1C. The molecule has 0 spiro atoms. The number of likely N-dealkylation sites (tertiary alicyclic amines) is 1. The number of carbonyl (C=O) groups excluding carboxylic acids is 1. The molecule has 0 saturated carbocycles. The van der Waals surface area contributed by atoms with Crippen molar-refractivity contribution in [1.29, 1.82) is 0 Å². The van der Waals surface area contributed by atoms with E-state index in [0.717, 1.165) is 13.1 Å². The summed E-state index contributed by atoms with van der Waals surface area (Å²) in [5, 5.41) is 2.18. The van der Waals surface area contributed by atoms with Gasteiger partial charge in [-0.3, -0.25) is 4.79 Å². The summed E-state index contributed by atoms with van der Waals surface area (Å²) in [7, 11) is 0. The molecule has 0 aromatic carbocycles. The number of anilines is 1. The molecule has 1 amide bonds. The van der Waals surface area contributed by atoms with E-state index in [0.29, 0.717) is 22.7 Å². The van der Waals surface area contributed by atoms with Crippen LogP contribution in [0.2, 0.25) is 0 Å². The molecule has 0 aliphatic carbocycles. The molecule has 0 bridgehead atoms. The van der Waals surface area contributed by atoms with Gasteiger partial charge in [-0.25, -0.2) is 4.98 Å². The summed E-state index contributed by atoms with van der Waals surface area (Å²) in [5.74, 6) is 1.16. The van der Waals surface area contributed by atoms with Gasteiger partial charge in [-0.05, 0) is 11.8 Å². The van der Waals surface area contributed by atoms with Crippen molar-refractivity contribution in [2.75, 3.05) is 18.8 Å². The van der Waals surface area contributed by atoms with Crippen molar-refractivity contribution in [3.05, 3.63) is 11.1 Å². The lowest BCUT2D eigenvalue weighted by Crippen LogP contribution is -2.29. The summed E-state index contributed by atoms with van der Waals surface area (Å²) in [4.78, 5) is 17.8. The van der Waals surface area contributed by atoms with Gasteiger partial charge >= 0.3 is 0 Å². The third-order valence-electron chi connectivity index (χ3n) is 3.02. The Morgan fingerprint density at radius 3 is 2.60 bits per heavy atom. The lowest BCUT2D eigenvalue weighted by atomic mass is 10.0. The smallest absolute Gasteiger partial charge is 0.273 e. The van der Waals surface area contributed by atoms with Gasteiger partial charge in [0.2, 0.25) is 0 Å². The van der Waals surface area contributed by atoms with Crippen LogP contribution in [0.3, 0.4) is 0 Å². The Balaban J connectivity index is 2.10. The second-order valence-electron chi connectivity index (χ2n) is 4.24. The molecule has 1 saturated heterocycles. The second kappa shape index (κ2) is 3.81. The van der Waals surface area contributed by atoms with E-state index < -0.39 is 0 Å². The highest BCUT2D eigenvalue weighted by molar-refractivity contribution is 7.13. The third-order valence-corrected chi connectivity index (χ3v) is 3.69. The largest absolute Gasteiger partial charge is 0.375 e. The maximum Gasteiger partial charge on any atom is 0.273 e. The van der Waals surface area contributed by atoms with E-state index >= 15 is 0 Å². The molecule has 1 aromatic heterocycles. The van der Waals surface area contributed by atoms with Gasteiger partial charge in [0, 0.05) is 18.5 Å². The molecule has 4 nitrogen and oxygen atoms in total. The number of hydrogen-bond acceptors (Lipinski definition) is 4. The predicted octanol–water partition coefficient (Wildman–Crippen LogP) is 1.45. The van der Waals surface area contributed by atoms with E-state index in [1.807, 2.05) is 4.90 Å². The monoisotopic (exact) mass is 225 g/mol. The van der Waals surface area contributed by atoms with Crippen LogP contribution in [-0.4, -0.2) is 28.9 Å². The lowest BCUT2D eigenvalue weighted by molar-refractivity contribution is 0.0780. The van der Waals surface area contributed by atoms with Crippen molar-refractivity contribution in [2.45, 2.75) is 13.8 Å². The highest BCUT2D eigenvalue weighted by Crippen LogP contribution is 2.24. The van der Waals surface area contributed by atoms with Crippen molar-refractivity contribution in [2.24, 2.45) is 11.8 Å². The molecule has 1 aromatic rings.